The maximum atomic E-state index is 4.06. The zero-order valence-electron chi connectivity index (χ0n) is 11.8. The maximum Gasteiger partial charge on any atom is 0.103 e. The minimum absolute atomic E-state index is 0. The standard InChI is InChI=1S/C8H16N2.C5H8N2.ClH/c1-3-4-5-10-7-6-9(2)8-10;1-4-3-6-5(2)7-4;/h6-7H,3-5,8H2,1-2H3;3H,1-2H3,(H,6,7);1H. The van der Waals surface area contributed by atoms with Crippen LogP contribution in [-0.2, 0) is 0 Å². The third kappa shape index (κ3) is 6.55. The van der Waals surface area contributed by atoms with Gasteiger partial charge in [-0.25, -0.2) is 4.98 Å². The van der Waals surface area contributed by atoms with Crippen LogP contribution in [0, 0.1) is 13.8 Å². The molecule has 0 aliphatic carbocycles. The van der Waals surface area contributed by atoms with Gasteiger partial charge in [0.05, 0.1) is 12.4 Å². The first-order chi connectivity index (χ1) is 8.11. The van der Waals surface area contributed by atoms with Crippen molar-refractivity contribution in [1.29, 1.82) is 0 Å². The fourth-order valence-corrected chi connectivity index (χ4v) is 1.63. The Kier molecular flexibility index (Phi) is 8.29. The molecule has 4 nitrogen and oxygen atoms in total. The van der Waals surface area contributed by atoms with E-state index in [9.17, 15) is 0 Å². The van der Waals surface area contributed by atoms with Crippen molar-refractivity contribution >= 4 is 12.4 Å². The van der Waals surface area contributed by atoms with Gasteiger partial charge in [-0.2, -0.15) is 0 Å². The zero-order valence-corrected chi connectivity index (χ0v) is 12.6. The lowest BCUT2D eigenvalue weighted by molar-refractivity contribution is 0.293. The molecule has 0 spiro atoms. The Morgan fingerprint density at radius 2 is 2.06 bits per heavy atom. The molecule has 0 fully saturated rings. The van der Waals surface area contributed by atoms with Crippen molar-refractivity contribution in [2.45, 2.75) is 33.6 Å². The lowest BCUT2D eigenvalue weighted by Crippen LogP contribution is -2.23. The van der Waals surface area contributed by atoms with Gasteiger partial charge in [-0.05, 0) is 20.3 Å². The quantitative estimate of drug-likeness (QED) is 0.919. The van der Waals surface area contributed by atoms with Crippen molar-refractivity contribution < 1.29 is 0 Å². The van der Waals surface area contributed by atoms with Crippen molar-refractivity contribution in [3.8, 4) is 0 Å². The van der Waals surface area contributed by atoms with Crippen molar-refractivity contribution in [1.82, 2.24) is 19.8 Å². The lowest BCUT2D eigenvalue weighted by atomic mass is 10.3. The first-order valence-corrected chi connectivity index (χ1v) is 6.23. The van der Waals surface area contributed by atoms with Crippen LogP contribution in [-0.4, -0.2) is 40.0 Å². The van der Waals surface area contributed by atoms with E-state index in [0.29, 0.717) is 0 Å². The zero-order chi connectivity index (χ0) is 12.7. The first-order valence-electron chi connectivity index (χ1n) is 6.23. The summed E-state index contributed by atoms with van der Waals surface area (Å²) in [5.74, 6) is 0.984. The second-order valence-electron chi connectivity index (χ2n) is 4.49. The van der Waals surface area contributed by atoms with E-state index in [-0.39, 0.29) is 12.4 Å². The molecule has 2 heterocycles. The van der Waals surface area contributed by atoms with Gasteiger partial charge in [-0.1, -0.05) is 13.3 Å². The molecule has 18 heavy (non-hydrogen) atoms. The number of H-pyrrole nitrogens is 1. The van der Waals surface area contributed by atoms with Gasteiger partial charge in [0.15, 0.2) is 0 Å². The van der Waals surface area contributed by atoms with E-state index < -0.39 is 0 Å². The molecule has 0 saturated heterocycles. The van der Waals surface area contributed by atoms with Crippen LogP contribution in [0.3, 0.4) is 0 Å². The Morgan fingerprint density at radius 3 is 2.39 bits per heavy atom. The summed E-state index contributed by atoms with van der Waals surface area (Å²) in [5, 5.41) is 0. The number of hydrogen-bond acceptors (Lipinski definition) is 3. The number of aromatic amines is 1. The van der Waals surface area contributed by atoms with Gasteiger partial charge in [-0.15, -0.1) is 12.4 Å². The third-order valence-corrected chi connectivity index (χ3v) is 2.57. The summed E-state index contributed by atoms with van der Waals surface area (Å²) in [6.45, 7) is 8.40. The van der Waals surface area contributed by atoms with Crippen molar-refractivity contribution in [2.24, 2.45) is 0 Å². The van der Waals surface area contributed by atoms with Gasteiger partial charge in [0.1, 0.15) is 5.82 Å². The molecule has 1 aromatic heterocycles. The topological polar surface area (TPSA) is 35.2 Å². The number of nitrogens with zero attached hydrogens (tertiary/aromatic N) is 3. The number of unbranched alkanes of at least 4 members (excludes halogenated alkanes) is 1. The SMILES string of the molecule is CCCCN1C=CN(C)C1.Cc1c[nH]c(C)n1.Cl. The van der Waals surface area contributed by atoms with Crippen molar-refractivity contribution in [2.75, 3.05) is 20.3 Å². The van der Waals surface area contributed by atoms with Crippen LogP contribution >= 0.6 is 12.4 Å². The molecule has 1 aliphatic heterocycles. The molecule has 1 aliphatic rings. The Morgan fingerprint density at radius 1 is 1.33 bits per heavy atom. The number of imidazole rings is 1. The van der Waals surface area contributed by atoms with E-state index >= 15 is 0 Å². The minimum atomic E-state index is 0. The number of nitrogens with one attached hydrogen (secondary N) is 1. The summed E-state index contributed by atoms with van der Waals surface area (Å²) in [6, 6.07) is 0. The lowest BCUT2D eigenvalue weighted by Gasteiger charge is -2.17. The summed E-state index contributed by atoms with van der Waals surface area (Å²) in [5.41, 5.74) is 1.05. The van der Waals surface area contributed by atoms with E-state index in [1.165, 1.54) is 19.4 Å². The van der Waals surface area contributed by atoms with E-state index in [1.54, 1.807) is 0 Å². The monoisotopic (exact) mass is 272 g/mol. The Hall–Kier alpha value is -1.16. The van der Waals surface area contributed by atoms with Gasteiger partial charge >= 0.3 is 0 Å². The van der Waals surface area contributed by atoms with E-state index in [4.69, 9.17) is 0 Å². The molecule has 0 amide bonds. The second-order valence-corrected chi connectivity index (χ2v) is 4.49. The Labute approximate surface area is 116 Å². The summed E-state index contributed by atoms with van der Waals surface area (Å²) < 4.78 is 0. The highest BCUT2D eigenvalue weighted by Gasteiger charge is 2.05. The van der Waals surface area contributed by atoms with Gasteiger partial charge in [0.25, 0.3) is 0 Å². The van der Waals surface area contributed by atoms with Crippen molar-refractivity contribution in [3.05, 3.63) is 30.1 Å². The van der Waals surface area contributed by atoms with Crippen LogP contribution in [0.5, 0.6) is 0 Å². The normalized spacial score (nSPS) is 13.1. The van der Waals surface area contributed by atoms with Crippen LogP contribution in [0.2, 0.25) is 0 Å². The van der Waals surface area contributed by atoms with E-state index in [1.807, 2.05) is 20.0 Å². The van der Waals surface area contributed by atoms with Crippen LogP contribution < -0.4 is 0 Å². The van der Waals surface area contributed by atoms with E-state index in [0.717, 1.165) is 18.2 Å². The fraction of sp³-hybridized carbons (Fsp3) is 0.615. The third-order valence-electron chi connectivity index (χ3n) is 2.57. The Bertz CT molecular complexity index is 332. The smallest absolute Gasteiger partial charge is 0.103 e. The number of hydrogen-bond donors (Lipinski definition) is 1. The van der Waals surface area contributed by atoms with Gasteiger partial charge in [0.2, 0.25) is 0 Å². The summed E-state index contributed by atoms with van der Waals surface area (Å²) in [4.78, 5) is 11.5. The highest BCUT2D eigenvalue weighted by molar-refractivity contribution is 5.85. The number of aryl methyl sites for hydroxylation is 2. The first kappa shape index (κ1) is 16.8. The number of rotatable bonds is 3. The van der Waals surface area contributed by atoms with Crippen LogP contribution in [0.15, 0.2) is 18.6 Å². The summed E-state index contributed by atoms with van der Waals surface area (Å²) >= 11 is 0. The largest absolute Gasteiger partial charge is 0.362 e. The van der Waals surface area contributed by atoms with Gasteiger partial charge < -0.3 is 14.8 Å². The Balaban J connectivity index is 0.000000321. The predicted molar refractivity (Wildman–Crippen MR) is 78.7 cm³/mol. The predicted octanol–water partition coefficient (Wildman–Crippen LogP) is 2.91. The number of halogens is 1. The van der Waals surface area contributed by atoms with E-state index in [2.05, 4.69) is 46.1 Å². The molecule has 0 atom stereocenters. The molecule has 1 N–H and O–H groups in total. The summed E-state index contributed by atoms with van der Waals surface area (Å²) in [6.07, 6.45) is 8.76. The molecular formula is C13H25ClN4. The minimum Gasteiger partial charge on any atom is -0.362 e. The van der Waals surface area contributed by atoms with Crippen LogP contribution in [0.4, 0.5) is 0 Å². The molecule has 1 aromatic rings. The van der Waals surface area contributed by atoms with Crippen molar-refractivity contribution in [3.63, 3.8) is 0 Å². The molecule has 104 valence electrons. The molecule has 0 aromatic carbocycles. The highest BCUT2D eigenvalue weighted by atomic mass is 35.5. The molecule has 5 heteroatoms. The van der Waals surface area contributed by atoms with Gasteiger partial charge in [0, 0.05) is 32.2 Å². The maximum absolute atomic E-state index is 4.06. The summed E-state index contributed by atoms with van der Waals surface area (Å²) in [7, 11) is 2.10. The molecule has 0 saturated carbocycles. The van der Waals surface area contributed by atoms with Crippen LogP contribution in [0.25, 0.3) is 0 Å². The average Bonchev–Trinajstić information content (AvgIpc) is 2.86. The fourth-order valence-electron chi connectivity index (χ4n) is 1.63. The number of aromatic nitrogens is 2. The average molecular weight is 273 g/mol. The molecule has 2 rings (SSSR count). The second kappa shape index (κ2) is 8.86. The van der Waals surface area contributed by atoms with Gasteiger partial charge in [-0.3, -0.25) is 0 Å². The molecule has 0 bridgehead atoms. The molecule has 0 unspecified atom stereocenters. The molecule has 0 radical (unpaired) electrons. The highest BCUT2D eigenvalue weighted by Crippen LogP contribution is 2.04. The van der Waals surface area contributed by atoms with Crippen LogP contribution in [0.1, 0.15) is 31.3 Å². The molecular weight excluding hydrogens is 248 g/mol.